The molecule has 0 saturated heterocycles. The monoisotopic (exact) mass is 378 g/mol. The molecule has 2 rings (SSSR count). The molecule has 6 heteroatoms. The van der Waals surface area contributed by atoms with E-state index >= 15 is 0 Å². The quantitative estimate of drug-likeness (QED) is 0.814. The van der Waals surface area contributed by atoms with Crippen molar-refractivity contribution >= 4 is 39.1 Å². The van der Waals surface area contributed by atoms with Gasteiger partial charge in [-0.05, 0) is 45.8 Å². The summed E-state index contributed by atoms with van der Waals surface area (Å²) in [5.41, 5.74) is 0.799. The van der Waals surface area contributed by atoms with Crippen LogP contribution in [0.5, 0.6) is 5.75 Å². The average Bonchev–Trinajstić information content (AvgIpc) is 2.40. The average molecular weight is 380 g/mol. The maximum absolute atomic E-state index is 13.5. The number of benzene rings is 2. The van der Waals surface area contributed by atoms with Crippen molar-refractivity contribution in [2.24, 2.45) is 0 Å². The van der Waals surface area contributed by atoms with Crippen molar-refractivity contribution in [2.75, 3.05) is 7.11 Å². The molecule has 2 nitrogen and oxygen atoms in total. The predicted octanol–water partition coefficient (Wildman–Crippen LogP) is 4.99. The molecule has 1 N–H and O–H groups in total. The third-order valence-electron chi connectivity index (χ3n) is 2.80. The van der Waals surface area contributed by atoms with E-state index in [0.29, 0.717) is 26.4 Å². The van der Waals surface area contributed by atoms with Gasteiger partial charge in [0.2, 0.25) is 0 Å². The van der Waals surface area contributed by atoms with Crippen LogP contribution in [0, 0.1) is 5.82 Å². The second kappa shape index (κ2) is 6.31. The van der Waals surface area contributed by atoms with Gasteiger partial charge in [-0.15, -0.1) is 0 Å². The second-order valence-corrected chi connectivity index (χ2v) is 5.78. The van der Waals surface area contributed by atoms with Crippen LogP contribution in [0.3, 0.4) is 0 Å². The minimum atomic E-state index is -1.08. The Hall–Kier alpha value is -0.810. The maximum atomic E-state index is 13.5. The first kappa shape index (κ1) is 15.6. The van der Waals surface area contributed by atoms with Gasteiger partial charge in [-0.1, -0.05) is 29.3 Å². The third kappa shape index (κ3) is 3.09. The van der Waals surface area contributed by atoms with E-state index in [1.165, 1.54) is 19.2 Å². The molecule has 0 aliphatic carbocycles. The number of methoxy groups -OCH3 is 1. The number of hydrogen-bond acceptors (Lipinski definition) is 2. The zero-order valence-corrected chi connectivity index (χ0v) is 13.4. The Kier molecular flexibility index (Phi) is 4.91. The van der Waals surface area contributed by atoms with Crippen LogP contribution >= 0.6 is 39.1 Å². The summed E-state index contributed by atoms with van der Waals surface area (Å²) in [5, 5.41) is 10.8. The summed E-state index contributed by atoms with van der Waals surface area (Å²) in [6, 6.07) is 7.34. The highest BCUT2D eigenvalue weighted by Crippen LogP contribution is 2.38. The SMILES string of the molecule is COc1c(Br)cc(Cl)cc1C(O)c1ccc(Cl)c(F)c1. The summed E-state index contributed by atoms with van der Waals surface area (Å²) < 4.78 is 19.3. The molecule has 0 bridgehead atoms. The van der Waals surface area contributed by atoms with Gasteiger partial charge >= 0.3 is 0 Å². The lowest BCUT2D eigenvalue weighted by molar-refractivity contribution is 0.214. The van der Waals surface area contributed by atoms with E-state index in [1.807, 2.05) is 0 Å². The van der Waals surface area contributed by atoms with Crippen molar-refractivity contribution in [3.8, 4) is 5.75 Å². The summed E-state index contributed by atoms with van der Waals surface area (Å²) in [7, 11) is 1.48. The van der Waals surface area contributed by atoms with Crippen LogP contribution in [0.4, 0.5) is 4.39 Å². The maximum Gasteiger partial charge on any atom is 0.142 e. The molecular weight excluding hydrogens is 370 g/mol. The lowest BCUT2D eigenvalue weighted by Crippen LogP contribution is -2.03. The number of hydrogen-bond donors (Lipinski definition) is 1. The molecule has 0 saturated carbocycles. The highest BCUT2D eigenvalue weighted by molar-refractivity contribution is 9.10. The highest BCUT2D eigenvalue weighted by Gasteiger charge is 2.19. The van der Waals surface area contributed by atoms with Crippen LogP contribution in [0.1, 0.15) is 17.2 Å². The first-order chi connectivity index (χ1) is 9.43. The Labute approximate surface area is 134 Å². The summed E-state index contributed by atoms with van der Waals surface area (Å²) in [4.78, 5) is 0. The first-order valence-electron chi connectivity index (χ1n) is 5.60. The van der Waals surface area contributed by atoms with Gasteiger partial charge in [0.25, 0.3) is 0 Å². The molecule has 0 aliphatic rings. The minimum Gasteiger partial charge on any atom is -0.495 e. The largest absolute Gasteiger partial charge is 0.495 e. The van der Waals surface area contributed by atoms with E-state index in [1.54, 1.807) is 18.2 Å². The van der Waals surface area contributed by atoms with E-state index in [-0.39, 0.29) is 5.02 Å². The fraction of sp³-hybridized carbons (Fsp3) is 0.143. The van der Waals surface area contributed by atoms with Gasteiger partial charge in [0.05, 0.1) is 16.6 Å². The van der Waals surface area contributed by atoms with Gasteiger partial charge in [-0.2, -0.15) is 0 Å². The zero-order chi connectivity index (χ0) is 14.9. The molecule has 0 aliphatic heterocycles. The van der Waals surface area contributed by atoms with E-state index in [4.69, 9.17) is 27.9 Å². The third-order valence-corrected chi connectivity index (χ3v) is 3.91. The molecule has 2 aromatic rings. The molecule has 1 atom stereocenters. The molecule has 0 heterocycles. The highest BCUT2D eigenvalue weighted by atomic mass is 79.9. The van der Waals surface area contributed by atoms with E-state index in [0.717, 1.165) is 0 Å². The van der Waals surface area contributed by atoms with Crippen LogP contribution in [0.2, 0.25) is 10.0 Å². The number of ether oxygens (including phenoxy) is 1. The molecule has 0 fully saturated rings. The van der Waals surface area contributed by atoms with Crippen molar-refractivity contribution in [1.29, 1.82) is 0 Å². The smallest absolute Gasteiger partial charge is 0.142 e. The fourth-order valence-electron chi connectivity index (χ4n) is 1.86. The molecule has 0 spiro atoms. The Bertz CT molecular complexity index is 649. The van der Waals surface area contributed by atoms with Crippen LogP contribution in [0.25, 0.3) is 0 Å². The van der Waals surface area contributed by atoms with Gasteiger partial charge < -0.3 is 9.84 Å². The molecule has 0 radical (unpaired) electrons. The summed E-state index contributed by atoms with van der Waals surface area (Å²) in [6.45, 7) is 0. The zero-order valence-electron chi connectivity index (χ0n) is 10.3. The van der Waals surface area contributed by atoms with Crippen LogP contribution in [-0.4, -0.2) is 12.2 Å². The van der Waals surface area contributed by atoms with Crippen molar-refractivity contribution in [2.45, 2.75) is 6.10 Å². The lowest BCUT2D eigenvalue weighted by Gasteiger charge is -2.17. The standard InChI is InChI=1S/C14H10BrCl2FO2/c1-20-14-9(5-8(16)6-10(14)15)13(19)7-2-3-11(17)12(18)4-7/h2-6,13,19H,1H3. The first-order valence-corrected chi connectivity index (χ1v) is 7.15. The van der Waals surface area contributed by atoms with E-state index in [9.17, 15) is 9.50 Å². The van der Waals surface area contributed by atoms with Gasteiger partial charge in [0.1, 0.15) is 17.7 Å². The fourth-order valence-corrected chi connectivity index (χ4v) is 2.97. The van der Waals surface area contributed by atoms with Crippen molar-refractivity contribution < 1.29 is 14.2 Å². The number of rotatable bonds is 3. The van der Waals surface area contributed by atoms with Gasteiger partial charge in [-0.25, -0.2) is 4.39 Å². The van der Waals surface area contributed by atoms with E-state index < -0.39 is 11.9 Å². The van der Waals surface area contributed by atoms with Crippen LogP contribution in [0.15, 0.2) is 34.8 Å². The summed E-state index contributed by atoms with van der Waals surface area (Å²) >= 11 is 14.9. The predicted molar refractivity (Wildman–Crippen MR) is 81.2 cm³/mol. The van der Waals surface area contributed by atoms with Crippen molar-refractivity contribution in [3.05, 3.63) is 61.8 Å². The summed E-state index contributed by atoms with van der Waals surface area (Å²) in [5.74, 6) is -0.152. The Morgan fingerprint density at radius 3 is 2.55 bits per heavy atom. The number of aliphatic hydroxyl groups excluding tert-OH is 1. The van der Waals surface area contributed by atoms with Gasteiger partial charge in [-0.3, -0.25) is 0 Å². The molecule has 0 amide bonds. The molecule has 0 aromatic heterocycles. The van der Waals surface area contributed by atoms with Crippen LogP contribution < -0.4 is 4.74 Å². The van der Waals surface area contributed by atoms with Gasteiger partial charge in [0.15, 0.2) is 0 Å². The minimum absolute atomic E-state index is 0.000176. The summed E-state index contributed by atoms with van der Waals surface area (Å²) in [6.07, 6.45) is -1.08. The van der Waals surface area contributed by atoms with Crippen LogP contribution in [-0.2, 0) is 0 Å². The molecule has 1 unspecified atom stereocenters. The van der Waals surface area contributed by atoms with E-state index in [2.05, 4.69) is 15.9 Å². The molecule has 106 valence electrons. The topological polar surface area (TPSA) is 29.5 Å². The molecule has 20 heavy (non-hydrogen) atoms. The Balaban J connectivity index is 2.52. The number of halogens is 4. The Morgan fingerprint density at radius 1 is 1.25 bits per heavy atom. The Morgan fingerprint density at radius 2 is 1.95 bits per heavy atom. The van der Waals surface area contributed by atoms with Crippen molar-refractivity contribution in [1.82, 2.24) is 0 Å². The van der Waals surface area contributed by atoms with Gasteiger partial charge in [0, 0.05) is 10.6 Å². The molecule has 2 aromatic carbocycles. The lowest BCUT2D eigenvalue weighted by atomic mass is 10.0. The normalized spacial score (nSPS) is 12.3. The second-order valence-electron chi connectivity index (χ2n) is 4.09. The van der Waals surface area contributed by atoms with Crippen molar-refractivity contribution in [3.63, 3.8) is 0 Å². The number of aliphatic hydroxyl groups is 1. The molecular formula is C14H10BrCl2FO2.